The van der Waals surface area contributed by atoms with Crippen LogP contribution < -0.4 is 20.3 Å². The Morgan fingerprint density at radius 3 is 2.93 bits per heavy atom. The minimum Gasteiger partial charge on any atom is -0.494 e. The van der Waals surface area contributed by atoms with E-state index in [0.29, 0.717) is 11.2 Å². The van der Waals surface area contributed by atoms with Crippen molar-refractivity contribution < 1.29 is 4.74 Å². The monoisotopic (exact) mass is 406 g/mol. The van der Waals surface area contributed by atoms with E-state index >= 15 is 0 Å². The molecule has 3 aromatic rings. The van der Waals surface area contributed by atoms with Crippen molar-refractivity contribution in [2.24, 2.45) is 0 Å². The highest BCUT2D eigenvalue weighted by atomic mass is 32.1. The summed E-state index contributed by atoms with van der Waals surface area (Å²) in [5.41, 5.74) is 4.57. The molecule has 0 saturated heterocycles. The maximum atomic E-state index is 5.51. The third-order valence-electron chi connectivity index (χ3n) is 5.41. The minimum atomic E-state index is 0.552. The summed E-state index contributed by atoms with van der Waals surface area (Å²) in [4.78, 5) is 6.93. The second-order valence-corrected chi connectivity index (χ2v) is 7.73. The van der Waals surface area contributed by atoms with Crippen LogP contribution in [0.3, 0.4) is 0 Å². The van der Waals surface area contributed by atoms with Gasteiger partial charge in [-0.2, -0.15) is 0 Å². The van der Waals surface area contributed by atoms with E-state index in [1.54, 1.807) is 13.3 Å². The molecule has 5 nitrogen and oxygen atoms in total. The van der Waals surface area contributed by atoms with E-state index in [4.69, 9.17) is 17.0 Å². The zero-order chi connectivity index (χ0) is 20.2. The fourth-order valence-corrected chi connectivity index (χ4v) is 4.22. The smallest absolute Gasteiger partial charge is 0.170 e. The van der Waals surface area contributed by atoms with Crippen LogP contribution in [0.15, 0.2) is 54.7 Å². The van der Waals surface area contributed by atoms with Crippen LogP contribution in [-0.4, -0.2) is 36.3 Å². The van der Waals surface area contributed by atoms with Gasteiger partial charge in [0.2, 0.25) is 0 Å². The Bertz CT molecular complexity index is 1020. The molecule has 0 unspecified atom stereocenters. The molecule has 0 fully saturated rings. The minimum absolute atomic E-state index is 0.552. The van der Waals surface area contributed by atoms with Crippen molar-refractivity contribution in [3.63, 3.8) is 0 Å². The van der Waals surface area contributed by atoms with E-state index in [-0.39, 0.29) is 0 Å². The third-order valence-corrected chi connectivity index (χ3v) is 5.66. The number of para-hydroxylation sites is 1. The van der Waals surface area contributed by atoms with Gasteiger partial charge >= 0.3 is 0 Å². The van der Waals surface area contributed by atoms with Gasteiger partial charge in [-0.25, -0.2) is 0 Å². The fraction of sp³-hybridized carbons (Fsp3) is 0.304. The molecule has 2 aromatic carbocycles. The molecule has 0 spiro atoms. The summed E-state index contributed by atoms with van der Waals surface area (Å²) >= 11 is 5.51. The van der Waals surface area contributed by atoms with Crippen LogP contribution >= 0.6 is 12.2 Å². The maximum absolute atomic E-state index is 5.51. The second-order valence-electron chi connectivity index (χ2n) is 7.32. The highest BCUT2D eigenvalue weighted by Gasteiger charge is 2.24. The van der Waals surface area contributed by atoms with Gasteiger partial charge in [0, 0.05) is 42.1 Å². The summed E-state index contributed by atoms with van der Waals surface area (Å²) in [6.45, 7) is 4.13. The number of thiocarbonyl (C=S) groups is 1. The molecule has 0 saturated carbocycles. The van der Waals surface area contributed by atoms with Crippen molar-refractivity contribution in [3.8, 4) is 5.75 Å². The zero-order valence-corrected chi connectivity index (χ0v) is 17.6. The number of fused-ring (bicyclic) bond motifs is 2. The lowest BCUT2D eigenvalue weighted by Crippen LogP contribution is -2.34. The van der Waals surface area contributed by atoms with Gasteiger partial charge < -0.3 is 20.3 Å². The van der Waals surface area contributed by atoms with Crippen LogP contribution in [0.5, 0.6) is 5.75 Å². The van der Waals surface area contributed by atoms with Crippen LogP contribution in [-0.2, 0) is 6.42 Å². The van der Waals surface area contributed by atoms with Crippen LogP contribution in [0.4, 0.5) is 11.4 Å². The number of benzene rings is 2. The number of anilines is 2. The van der Waals surface area contributed by atoms with E-state index in [2.05, 4.69) is 51.7 Å². The topological polar surface area (TPSA) is 49.4 Å². The number of rotatable bonds is 6. The zero-order valence-electron chi connectivity index (χ0n) is 16.8. The quantitative estimate of drug-likeness (QED) is 0.468. The Labute approximate surface area is 177 Å². The molecule has 2 N–H and O–H groups in total. The third kappa shape index (κ3) is 4.12. The molecule has 1 aromatic heterocycles. The normalized spacial score (nSPS) is 15.2. The Balaban J connectivity index is 1.32. The van der Waals surface area contributed by atoms with Gasteiger partial charge in [0.1, 0.15) is 11.3 Å². The predicted molar refractivity (Wildman–Crippen MR) is 124 cm³/mol. The molecule has 6 heteroatoms. The highest BCUT2D eigenvalue weighted by Crippen LogP contribution is 2.32. The first-order valence-corrected chi connectivity index (χ1v) is 10.4. The van der Waals surface area contributed by atoms with Crippen LogP contribution in [0, 0.1) is 0 Å². The van der Waals surface area contributed by atoms with Crippen LogP contribution in [0.1, 0.15) is 18.9 Å². The first kappa shape index (κ1) is 19.5. The van der Waals surface area contributed by atoms with E-state index in [1.165, 1.54) is 11.3 Å². The molecule has 0 aliphatic carbocycles. The largest absolute Gasteiger partial charge is 0.494 e. The van der Waals surface area contributed by atoms with Crippen molar-refractivity contribution in [3.05, 3.63) is 60.3 Å². The maximum Gasteiger partial charge on any atom is 0.170 e. The van der Waals surface area contributed by atoms with Gasteiger partial charge in [-0.05, 0) is 67.9 Å². The lowest BCUT2D eigenvalue weighted by atomic mass is 10.1. The summed E-state index contributed by atoms with van der Waals surface area (Å²) in [5.74, 6) is 0.755. The Morgan fingerprint density at radius 1 is 1.21 bits per heavy atom. The molecule has 1 aliphatic rings. The average molecular weight is 407 g/mol. The number of methoxy groups -OCH3 is 1. The van der Waals surface area contributed by atoms with Gasteiger partial charge in [-0.3, -0.25) is 4.98 Å². The van der Waals surface area contributed by atoms with E-state index in [1.807, 2.05) is 24.3 Å². The second kappa shape index (κ2) is 8.66. The number of hydrogen-bond acceptors (Lipinski definition) is 4. The Morgan fingerprint density at radius 2 is 2.07 bits per heavy atom. The standard InChI is InChI=1S/C23H26N4OS/c1-16-15-17-7-3-4-9-20(17)27(16)14-6-13-25-23(29)26-19-10-11-21(28-2)22-18(19)8-5-12-24-22/h3-5,7-12,16H,6,13-15H2,1-2H3,(H2,25,26,29)/t16-/m0/s1. The molecule has 0 bridgehead atoms. The molecule has 4 rings (SSSR count). The van der Waals surface area contributed by atoms with E-state index in [0.717, 1.165) is 48.3 Å². The van der Waals surface area contributed by atoms with Gasteiger partial charge in [0.05, 0.1) is 7.11 Å². The van der Waals surface area contributed by atoms with Crippen LogP contribution in [0.2, 0.25) is 0 Å². The summed E-state index contributed by atoms with van der Waals surface area (Å²) in [7, 11) is 1.66. The van der Waals surface area contributed by atoms with Crippen molar-refractivity contribution in [2.75, 3.05) is 30.4 Å². The molecule has 29 heavy (non-hydrogen) atoms. The first-order chi connectivity index (χ1) is 14.2. The molecule has 150 valence electrons. The molecule has 1 aliphatic heterocycles. The molecular weight excluding hydrogens is 380 g/mol. The van der Waals surface area contributed by atoms with Gasteiger partial charge in [0.25, 0.3) is 0 Å². The lowest BCUT2D eigenvalue weighted by Gasteiger charge is -2.25. The van der Waals surface area contributed by atoms with Crippen molar-refractivity contribution in [1.82, 2.24) is 10.3 Å². The van der Waals surface area contributed by atoms with E-state index < -0.39 is 0 Å². The summed E-state index contributed by atoms with van der Waals surface area (Å²) < 4.78 is 5.41. The SMILES string of the molecule is COc1ccc(NC(=S)NCCCN2c3ccccc3C[C@@H]2C)c2cccnc12. The predicted octanol–water partition coefficient (Wildman–Crippen LogP) is 4.37. The number of hydrogen-bond donors (Lipinski definition) is 2. The highest BCUT2D eigenvalue weighted by molar-refractivity contribution is 7.80. The van der Waals surface area contributed by atoms with Gasteiger partial charge in [-0.15, -0.1) is 0 Å². The van der Waals surface area contributed by atoms with E-state index in [9.17, 15) is 0 Å². The fourth-order valence-electron chi connectivity index (χ4n) is 4.01. The number of aromatic nitrogens is 1. The number of nitrogens with zero attached hydrogens (tertiary/aromatic N) is 2. The van der Waals surface area contributed by atoms with Crippen molar-refractivity contribution in [1.29, 1.82) is 0 Å². The number of pyridine rings is 1. The Hall–Kier alpha value is -2.86. The molecular formula is C23H26N4OS. The molecule has 0 radical (unpaired) electrons. The molecule has 0 amide bonds. The summed E-state index contributed by atoms with van der Waals surface area (Å²) in [6.07, 6.45) is 3.91. The molecule has 1 atom stereocenters. The number of ether oxygens (including phenoxy) is 1. The first-order valence-electron chi connectivity index (χ1n) is 9.98. The molecule has 2 heterocycles. The summed E-state index contributed by atoms with van der Waals surface area (Å²) in [5, 5.41) is 8.23. The van der Waals surface area contributed by atoms with Crippen molar-refractivity contribution in [2.45, 2.75) is 25.8 Å². The summed E-state index contributed by atoms with van der Waals surface area (Å²) in [6, 6.07) is 17.1. The van der Waals surface area contributed by atoms with Crippen molar-refractivity contribution >= 4 is 39.6 Å². The average Bonchev–Trinajstić information content (AvgIpc) is 3.06. The lowest BCUT2D eigenvalue weighted by molar-refractivity contribution is 0.419. The van der Waals surface area contributed by atoms with Gasteiger partial charge in [0.15, 0.2) is 5.11 Å². The number of nitrogens with one attached hydrogen (secondary N) is 2. The van der Waals surface area contributed by atoms with Crippen LogP contribution in [0.25, 0.3) is 10.9 Å². The van der Waals surface area contributed by atoms with Gasteiger partial charge in [-0.1, -0.05) is 18.2 Å². The Kier molecular flexibility index (Phi) is 5.81.